The van der Waals surface area contributed by atoms with Crippen LogP contribution in [0.1, 0.15) is 34.3 Å². The third kappa shape index (κ3) is 3.31. The molecule has 3 aromatic rings. The zero-order chi connectivity index (χ0) is 19.8. The van der Waals surface area contributed by atoms with Gasteiger partial charge in [0.2, 0.25) is 0 Å². The van der Waals surface area contributed by atoms with Gasteiger partial charge in [-0.05, 0) is 54.7 Å². The van der Waals surface area contributed by atoms with Crippen LogP contribution in [-0.2, 0) is 13.0 Å². The summed E-state index contributed by atoms with van der Waals surface area (Å²) in [4.78, 5) is 22.7. The number of methoxy groups -OCH3 is 1. The number of carbonyl (C=O) groups excluding carboxylic acids is 1. The van der Waals surface area contributed by atoms with Gasteiger partial charge in [-0.2, -0.15) is 0 Å². The van der Waals surface area contributed by atoms with Crippen LogP contribution in [0.15, 0.2) is 48.5 Å². The van der Waals surface area contributed by atoms with E-state index in [4.69, 9.17) is 9.72 Å². The van der Waals surface area contributed by atoms with Crippen LogP contribution in [0.25, 0.3) is 10.9 Å². The number of benzene rings is 2. The van der Waals surface area contributed by atoms with Crippen molar-refractivity contribution in [2.45, 2.75) is 25.8 Å². The molecule has 2 aliphatic rings. The molecular weight excluding hydrogens is 362 g/mol. The third-order valence-corrected chi connectivity index (χ3v) is 6.05. The Kier molecular flexibility index (Phi) is 4.58. The fourth-order valence-electron chi connectivity index (χ4n) is 4.44. The number of ether oxygens (including phenoxy) is 1. The number of pyridine rings is 1. The molecule has 0 saturated carbocycles. The summed E-state index contributed by atoms with van der Waals surface area (Å²) in [6.07, 6.45) is 3.17. The highest BCUT2D eigenvalue weighted by Gasteiger charge is 2.27. The predicted molar refractivity (Wildman–Crippen MR) is 115 cm³/mol. The topological polar surface area (TPSA) is 45.7 Å². The quantitative estimate of drug-likeness (QED) is 0.680. The zero-order valence-electron chi connectivity index (χ0n) is 16.7. The maximum Gasteiger partial charge on any atom is 0.257 e. The summed E-state index contributed by atoms with van der Waals surface area (Å²) in [6, 6.07) is 16.2. The third-order valence-electron chi connectivity index (χ3n) is 6.05. The van der Waals surface area contributed by atoms with E-state index >= 15 is 0 Å². The molecular formula is C24H25N3O2. The average molecular weight is 387 g/mol. The van der Waals surface area contributed by atoms with E-state index in [0.717, 1.165) is 66.9 Å². The van der Waals surface area contributed by atoms with Crippen molar-refractivity contribution in [3.8, 4) is 5.75 Å². The number of amides is 1. The molecule has 2 aliphatic heterocycles. The molecule has 5 nitrogen and oxygen atoms in total. The predicted octanol–water partition coefficient (Wildman–Crippen LogP) is 4.04. The van der Waals surface area contributed by atoms with Crippen LogP contribution in [-0.4, -0.2) is 42.5 Å². The summed E-state index contributed by atoms with van der Waals surface area (Å²) < 4.78 is 5.38. The van der Waals surface area contributed by atoms with Crippen molar-refractivity contribution in [2.75, 3.05) is 31.6 Å². The van der Waals surface area contributed by atoms with Gasteiger partial charge >= 0.3 is 0 Å². The summed E-state index contributed by atoms with van der Waals surface area (Å²) >= 11 is 0. The minimum atomic E-state index is 0.0682. The van der Waals surface area contributed by atoms with Gasteiger partial charge in [0, 0.05) is 31.6 Å². The number of carbonyl (C=O) groups is 1. The fraction of sp³-hybridized carbons (Fsp3) is 0.333. The number of fused-ring (bicyclic) bond motifs is 2. The number of nitrogens with zero attached hydrogens (tertiary/aromatic N) is 3. The summed E-state index contributed by atoms with van der Waals surface area (Å²) in [7, 11) is 1.68. The van der Waals surface area contributed by atoms with E-state index in [9.17, 15) is 4.79 Å². The van der Waals surface area contributed by atoms with Crippen LogP contribution in [0, 0.1) is 0 Å². The Hall–Kier alpha value is -3.08. The molecule has 1 fully saturated rings. The molecule has 1 aromatic heterocycles. The van der Waals surface area contributed by atoms with Gasteiger partial charge in [-0.25, -0.2) is 4.98 Å². The lowest BCUT2D eigenvalue weighted by molar-refractivity contribution is 0.0735. The minimum Gasteiger partial charge on any atom is -0.497 e. The molecule has 5 heteroatoms. The Morgan fingerprint density at radius 2 is 1.83 bits per heavy atom. The first-order chi connectivity index (χ1) is 14.2. The van der Waals surface area contributed by atoms with E-state index in [1.807, 2.05) is 41.3 Å². The lowest BCUT2D eigenvalue weighted by Crippen LogP contribution is -2.37. The molecule has 3 heterocycles. The van der Waals surface area contributed by atoms with Gasteiger partial charge in [0.25, 0.3) is 5.91 Å². The monoisotopic (exact) mass is 387 g/mol. The average Bonchev–Trinajstić information content (AvgIpc) is 3.31. The van der Waals surface area contributed by atoms with Gasteiger partial charge in [0.05, 0.1) is 18.2 Å². The largest absolute Gasteiger partial charge is 0.497 e. The molecule has 0 aliphatic carbocycles. The van der Waals surface area contributed by atoms with Gasteiger partial charge in [-0.1, -0.05) is 24.3 Å². The molecule has 5 rings (SSSR count). The van der Waals surface area contributed by atoms with Crippen molar-refractivity contribution in [1.29, 1.82) is 0 Å². The second-order valence-electron chi connectivity index (χ2n) is 7.86. The molecule has 29 heavy (non-hydrogen) atoms. The Morgan fingerprint density at radius 3 is 2.66 bits per heavy atom. The molecule has 0 atom stereocenters. The van der Waals surface area contributed by atoms with E-state index in [0.29, 0.717) is 6.54 Å². The van der Waals surface area contributed by atoms with E-state index in [1.165, 1.54) is 11.1 Å². The Labute approximate surface area is 170 Å². The smallest absolute Gasteiger partial charge is 0.257 e. The lowest BCUT2D eigenvalue weighted by Gasteiger charge is -2.30. The highest BCUT2D eigenvalue weighted by molar-refractivity contribution is 6.02. The molecule has 0 spiro atoms. The summed E-state index contributed by atoms with van der Waals surface area (Å²) in [6.45, 7) is 3.26. The number of rotatable bonds is 3. The SMILES string of the molecule is COc1ccc2c(c1)CN(C(=O)c1cc3ccccc3nc1N1CCCC1)CC2. The van der Waals surface area contributed by atoms with Crippen LogP contribution in [0.3, 0.4) is 0 Å². The van der Waals surface area contributed by atoms with E-state index in [2.05, 4.69) is 17.0 Å². The number of anilines is 1. The molecule has 2 aromatic carbocycles. The van der Waals surface area contributed by atoms with Gasteiger partial charge in [-0.15, -0.1) is 0 Å². The van der Waals surface area contributed by atoms with Crippen molar-refractivity contribution < 1.29 is 9.53 Å². The molecule has 0 radical (unpaired) electrons. The number of para-hydroxylation sites is 1. The van der Waals surface area contributed by atoms with Gasteiger partial charge < -0.3 is 14.5 Å². The number of hydrogen-bond donors (Lipinski definition) is 0. The second-order valence-corrected chi connectivity index (χ2v) is 7.86. The Morgan fingerprint density at radius 1 is 1.00 bits per heavy atom. The molecule has 1 amide bonds. The first-order valence-corrected chi connectivity index (χ1v) is 10.3. The molecule has 1 saturated heterocycles. The summed E-state index contributed by atoms with van der Waals surface area (Å²) in [5.41, 5.74) is 4.13. The number of aromatic nitrogens is 1. The molecule has 0 unspecified atom stereocenters. The highest BCUT2D eigenvalue weighted by atomic mass is 16.5. The Bertz CT molecular complexity index is 1070. The van der Waals surface area contributed by atoms with E-state index in [1.54, 1.807) is 7.11 Å². The lowest BCUT2D eigenvalue weighted by atomic mass is 9.98. The Balaban J connectivity index is 1.52. The summed E-state index contributed by atoms with van der Waals surface area (Å²) in [5.74, 6) is 1.74. The minimum absolute atomic E-state index is 0.0682. The second kappa shape index (κ2) is 7.39. The fourth-order valence-corrected chi connectivity index (χ4v) is 4.44. The maximum absolute atomic E-state index is 13.6. The highest BCUT2D eigenvalue weighted by Crippen LogP contribution is 2.30. The molecule has 148 valence electrons. The van der Waals surface area contributed by atoms with E-state index < -0.39 is 0 Å². The van der Waals surface area contributed by atoms with Crippen LogP contribution >= 0.6 is 0 Å². The van der Waals surface area contributed by atoms with Crippen LogP contribution < -0.4 is 9.64 Å². The summed E-state index contributed by atoms with van der Waals surface area (Å²) in [5, 5.41) is 1.01. The molecule has 0 bridgehead atoms. The zero-order valence-corrected chi connectivity index (χ0v) is 16.7. The van der Waals surface area contributed by atoms with Crippen molar-refractivity contribution in [1.82, 2.24) is 9.88 Å². The molecule has 0 N–H and O–H groups in total. The van der Waals surface area contributed by atoms with Gasteiger partial charge in [0.15, 0.2) is 0 Å². The van der Waals surface area contributed by atoms with Crippen LogP contribution in [0.2, 0.25) is 0 Å². The normalized spacial score (nSPS) is 16.2. The van der Waals surface area contributed by atoms with E-state index in [-0.39, 0.29) is 5.91 Å². The van der Waals surface area contributed by atoms with Crippen molar-refractivity contribution in [3.63, 3.8) is 0 Å². The van der Waals surface area contributed by atoms with Crippen LogP contribution in [0.5, 0.6) is 5.75 Å². The van der Waals surface area contributed by atoms with Gasteiger partial charge in [-0.3, -0.25) is 4.79 Å². The van der Waals surface area contributed by atoms with Crippen LogP contribution in [0.4, 0.5) is 5.82 Å². The first kappa shape index (κ1) is 18.0. The number of hydrogen-bond acceptors (Lipinski definition) is 4. The standard InChI is InChI=1S/C24H25N3O2/c1-29-20-9-8-17-10-13-27(16-19(17)14-20)24(28)21-15-18-6-2-3-7-22(18)25-23(21)26-11-4-5-12-26/h2-3,6-9,14-15H,4-5,10-13,16H2,1H3. The van der Waals surface area contributed by atoms with Crippen molar-refractivity contribution in [3.05, 3.63) is 65.2 Å². The van der Waals surface area contributed by atoms with Crippen molar-refractivity contribution >= 4 is 22.6 Å². The first-order valence-electron chi connectivity index (χ1n) is 10.3. The maximum atomic E-state index is 13.6. The van der Waals surface area contributed by atoms with Crippen molar-refractivity contribution in [2.24, 2.45) is 0 Å². The van der Waals surface area contributed by atoms with Gasteiger partial charge in [0.1, 0.15) is 11.6 Å².